The van der Waals surface area contributed by atoms with Gasteiger partial charge in [-0.3, -0.25) is 14.5 Å². The molecule has 0 unspecified atom stereocenters. The maximum atomic E-state index is 13.2. The third kappa shape index (κ3) is 4.37. The summed E-state index contributed by atoms with van der Waals surface area (Å²) in [4.78, 5) is 30.6. The quantitative estimate of drug-likeness (QED) is 0.597. The number of thiophene rings is 1. The number of carbonyl (C=O) groups excluding carboxylic acids is 2. The molecule has 1 fully saturated rings. The van der Waals surface area contributed by atoms with Crippen LogP contribution in [0.3, 0.4) is 0 Å². The monoisotopic (exact) mass is 490 g/mol. The van der Waals surface area contributed by atoms with Gasteiger partial charge in [0.25, 0.3) is 5.91 Å². The molecule has 4 rings (SSSR count). The topological polar surface area (TPSA) is 70.1 Å². The summed E-state index contributed by atoms with van der Waals surface area (Å²) in [7, 11) is 0. The van der Waals surface area contributed by atoms with Crippen LogP contribution in [-0.2, 0) is 9.53 Å². The molecule has 1 aromatic heterocycles. The van der Waals surface area contributed by atoms with Crippen LogP contribution < -0.4 is 0 Å². The number of aliphatic hydroxyl groups is 1. The molecule has 0 bridgehead atoms. The van der Waals surface area contributed by atoms with E-state index in [0.717, 1.165) is 49.3 Å². The number of ether oxygens (including phenoxy) is 1. The molecule has 0 spiro atoms. The van der Waals surface area contributed by atoms with E-state index in [0.29, 0.717) is 11.4 Å². The van der Waals surface area contributed by atoms with Gasteiger partial charge in [0.15, 0.2) is 5.76 Å². The summed E-state index contributed by atoms with van der Waals surface area (Å²) < 4.78 is 6.24. The van der Waals surface area contributed by atoms with Crippen molar-refractivity contribution in [3.05, 3.63) is 68.0 Å². The standard InChI is InChI=1S/C22H23BrN2O4S/c23-16-5-1-4-15(14-16)19-18(20(26)17-6-2-13-30-17)21(27)22(28)25(19)8-3-7-24-9-11-29-12-10-24/h1-2,4-6,13-14,19,27H,3,7-12H2/t19-/m0/s1. The van der Waals surface area contributed by atoms with Crippen LogP contribution in [0.25, 0.3) is 0 Å². The van der Waals surface area contributed by atoms with Crippen LogP contribution in [0, 0.1) is 0 Å². The lowest BCUT2D eigenvalue weighted by Crippen LogP contribution is -2.39. The van der Waals surface area contributed by atoms with E-state index in [4.69, 9.17) is 4.74 Å². The summed E-state index contributed by atoms with van der Waals surface area (Å²) >= 11 is 4.78. The Labute approximate surface area is 187 Å². The number of ketones is 1. The van der Waals surface area contributed by atoms with Crippen LogP contribution in [0.1, 0.15) is 27.7 Å². The Balaban J connectivity index is 1.60. The molecule has 30 heavy (non-hydrogen) atoms. The molecule has 1 saturated heterocycles. The number of carbonyl (C=O) groups is 2. The second-order valence-corrected chi connectivity index (χ2v) is 9.20. The lowest BCUT2D eigenvalue weighted by Gasteiger charge is -2.30. The Morgan fingerprint density at radius 3 is 2.70 bits per heavy atom. The maximum absolute atomic E-state index is 13.2. The van der Waals surface area contributed by atoms with E-state index < -0.39 is 17.7 Å². The Kier molecular flexibility index (Phi) is 6.67. The zero-order chi connectivity index (χ0) is 21.1. The summed E-state index contributed by atoms with van der Waals surface area (Å²) in [5, 5.41) is 12.5. The van der Waals surface area contributed by atoms with Crippen molar-refractivity contribution in [1.82, 2.24) is 9.80 Å². The first-order valence-corrected chi connectivity index (χ1v) is 11.6. The second kappa shape index (κ2) is 9.43. The van der Waals surface area contributed by atoms with Gasteiger partial charge < -0.3 is 14.7 Å². The highest BCUT2D eigenvalue weighted by Crippen LogP contribution is 2.40. The molecule has 3 heterocycles. The van der Waals surface area contributed by atoms with Gasteiger partial charge in [0.05, 0.1) is 29.7 Å². The molecular weight excluding hydrogens is 468 g/mol. The number of amides is 1. The minimum atomic E-state index is -0.603. The first-order valence-electron chi connectivity index (χ1n) is 9.94. The van der Waals surface area contributed by atoms with Gasteiger partial charge in [0, 0.05) is 30.7 Å². The molecule has 1 atom stereocenters. The van der Waals surface area contributed by atoms with Crippen molar-refractivity contribution in [2.24, 2.45) is 0 Å². The summed E-state index contributed by atoms with van der Waals surface area (Å²) in [6.07, 6.45) is 0.754. The average molecular weight is 491 g/mol. The van der Waals surface area contributed by atoms with Crippen molar-refractivity contribution in [2.45, 2.75) is 12.5 Å². The van der Waals surface area contributed by atoms with Gasteiger partial charge in [-0.1, -0.05) is 34.1 Å². The van der Waals surface area contributed by atoms with E-state index in [1.54, 1.807) is 17.0 Å². The molecule has 1 amide bonds. The number of benzene rings is 1. The van der Waals surface area contributed by atoms with Crippen LogP contribution in [-0.4, -0.2) is 66.0 Å². The van der Waals surface area contributed by atoms with E-state index in [9.17, 15) is 14.7 Å². The molecule has 2 aromatic rings. The van der Waals surface area contributed by atoms with Crippen LogP contribution in [0.4, 0.5) is 0 Å². The summed E-state index contributed by atoms with van der Waals surface area (Å²) in [6, 6.07) is 10.5. The lowest BCUT2D eigenvalue weighted by molar-refractivity contribution is -0.129. The Morgan fingerprint density at radius 1 is 1.20 bits per heavy atom. The zero-order valence-electron chi connectivity index (χ0n) is 16.4. The third-order valence-electron chi connectivity index (χ3n) is 5.43. The fourth-order valence-corrected chi connectivity index (χ4v) is 5.06. The summed E-state index contributed by atoms with van der Waals surface area (Å²) in [5.74, 6) is -1.22. The minimum absolute atomic E-state index is 0.159. The molecule has 0 radical (unpaired) electrons. The van der Waals surface area contributed by atoms with E-state index in [1.807, 2.05) is 29.6 Å². The predicted octanol–water partition coefficient (Wildman–Crippen LogP) is 3.81. The number of halogens is 1. The number of nitrogens with zero attached hydrogens (tertiary/aromatic N) is 2. The van der Waals surface area contributed by atoms with E-state index in [-0.39, 0.29) is 11.4 Å². The average Bonchev–Trinajstić information content (AvgIpc) is 3.37. The molecule has 6 nitrogen and oxygen atoms in total. The van der Waals surface area contributed by atoms with Crippen LogP contribution >= 0.6 is 27.3 Å². The SMILES string of the molecule is O=C(C1=C(O)C(=O)N(CCCN2CCOCC2)[C@H]1c1cccc(Br)c1)c1cccs1. The highest BCUT2D eigenvalue weighted by Gasteiger charge is 2.43. The van der Waals surface area contributed by atoms with Gasteiger partial charge in [0.1, 0.15) is 0 Å². The maximum Gasteiger partial charge on any atom is 0.290 e. The summed E-state index contributed by atoms with van der Waals surface area (Å²) in [6.45, 7) is 4.52. The van der Waals surface area contributed by atoms with E-state index in [1.165, 1.54) is 11.3 Å². The van der Waals surface area contributed by atoms with E-state index >= 15 is 0 Å². The van der Waals surface area contributed by atoms with Crippen LogP contribution in [0.5, 0.6) is 0 Å². The molecule has 158 valence electrons. The molecule has 1 aromatic carbocycles. The van der Waals surface area contributed by atoms with Gasteiger partial charge in [-0.25, -0.2) is 0 Å². The number of aliphatic hydroxyl groups excluding tert-OH is 1. The number of rotatable bonds is 7. The zero-order valence-corrected chi connectivity index (χ0v) is 18.8. The van der Waals surface area contributed by atoms with Crippen molar-refractivity contribution in [2.75, 3.05) is 39.4 Å². The van der Waals surface area contributed by atoms with Crippen molar-refractivity contribution >= 4 is 39.0 Å². The first kappa shape index (κ1) is 21.2. The smallest absolute Gasteiger partial charge is 0.290 e. The van der Waals surface area contributed by atoms with Crippen molar-refractivity contribution in [1.29, 1.82) is 0 Å². The first-order chi connectivity index (χ1) is 14.6. The van der Waals surface area contributed by atoms with Gasteiger partial charge in [0.2, 0.25) is 5.78 Å². The van der Waals surface area contributed by atoms with Gasteiger partial charge in [-0.05, 0) is 35.6 Å². The molecule has 2 aliphatic rings. The fraction of sp³-hybridized carbons (Fsp3) is 0.364. The molecule has 2 aliphatic heterocycles. The predicted molar refractivity (Wildman–Crippen MR) is 119 cm³/mol. The third-order valence-corrected chi connectivity index (χ3v) is 6.80. The molecule has 1 N–H and O–H groups in total. The molecular formula is C22H23BrN2O4S. The van der Waals surface area contributed by atoms with E-state index in [2.05, 4.69) is 20.8 Å². The largest absolute Gasteiger partial charge is 0.503 e. The number of morpholine rings is 1. The Bertz CT molecular complexity index is 954. The van der Waals surface area contributed by atoms with Crippen molar-refractivity contribution < 1.29 is 19.4 Å². The number of hydrogen-bond donors (Lipinski definition) is 1. The van der Waals surface area contributed by atoms with Gasteiger partial charge in [-0.2, -0.15) is 0 Å². The Morgan fingerprint density at radius 2 is 2.00 bits per heavy atom. The number of Topliss-reactive ketones (excluding diaryl/α,β-unsaturated/α-hetero) is 1. The second-order valence-electron chi connectivity index (χ2n) is 7.33. The lowest BCUT2D eigenvalue weighted by atomic mass is 9.95. The van der Waals surface area contributed by atoms with Crippen molar-refractivity contribution in [3.8, 4) is 0 Å². The normalized spacial score (nSPS) is 20.2. The van der Waals surface area contributed by atoms with Crippen LogP contribution in [0.15, 0.2) is 57.6 Å². The molecule has 0 saturated carbocycles. The van der Waals surface area contributed by atoms with Crippen molar-refractivity contribution in [3.63, 3.8) is 0 Å². The molecule has 8 heteroatoms. The van der Waals surface area contributed by atoms with Gasteiger partial charge in [-0.15, -0.1) is 11.3 Å². The highest BCUT2D eigenvalue weighted by molar-refractivity contribution is 9.10. The fourth-order valence-electron chi connectivity index (χ4n) is 3.97. The highest BCUT2D eigenvalue weighted by atomic mass is 79.9. The summed E-state index contributed by atoms with van der Waals surface area (Å²) in [5.41, 5.74) is 0.958. The Hall–Kier alpha value is -2.00. The molecule has 0 aliphatic carbocycles. The van der Waals surface area contributed by atoms with Gasteiger partial charge >= 0.3 is 0 Å². The number of hydrogen-bond acceptors (Lipinski definition) is 6. The minimum Gasteiger partial charge on any atom is -0.503 e. The van der Waals surface area contributed by atoms with Crippen LogP contribution in [0.2, 0.25) is 0 Å².